The highest BCUT2D eigenvalue weighted by Crippen LogP contribution is 2.15. The lowest BCUT2D eigenvalue weighted by Crippen LogP contribution is -2.25. The molecule has 2 nitrogen and oxygen atoms in total. The summed E-state index contributed by atoms with van der Waals surface area (Å²) in [4.78, 5) is 14.0. The van der Waals surface area contributed by atoms with Crippen molar-refractivity contribution in [3.8, 4) is 0 Å². The molecule has 0 N–H and O–H groups in total. The molecule has 0 aromatic heterocycles. The van der Waals surface area contributed by atoms with E-state index in [1.807, 2.05) is 50.2 Å². The van der Waals surface area contributed by atoms with E-state index in [1.54, 1.807) is 0 Å². The van der Waals surface area contributed by atoms with Crippen LogP contribution >= 0.6 is 15.9 Å². The number of hydrogen-bond acceptors (Lipinski definition) is 2. The van der Waals surface area contributed by atoms with Gasteiger partial charge >= 0.3 is 0 Å². The second kappa shape index (κ2) is 5.42. The number of ketones is 1. The molecule has 15 heavy (non-hydrogen) atoms. The first kappa shape index (κ1) is 12.4. The summed E-state index contributed by atoms with van der Waals surface area (Å²) in [6, 6.07) is 7.54. The van der Waals surface area contributed by atoms with Gasteiger partial charge in [0.2, 0.25) is 0 Å². The molecule has 0 radical (unpaired) electrons. The van der Waals surface area contributed by atoms with E-state index in [-0.39, 0.29) is 11.7 Å². The Labute approximate surface area is 99.4 Å². The van der Waals surface area contributed by atoms with Crippen molar-refractivity contribution >= 4 is 21.7 Å². The van der Waals surface area contributed by atoms with Crippen molar-refractivity contribution in [1.29, 1.82) is 0 Å². The van der Waals surface area contributed by atoms with Crippen LogP contribution < -0.4 is 0 Å². The predicted octanol–water partition coefficient (Wildman–Crippen LogP) is 2.83. The minimum atomic E-state index is 0.0364. The summed E-state index contributed by atoms with van der Waals surface area (Å²) in [6.07, 6.45) is 0. The standard InChI is InChI=1S/C12H16BrNO/c1-9(8-14(2)3)12(15)10-5-4-6-11(13)7-10/h4-7,9H,8H2,1-3H3/t9-/m0/s1. The van der Waals surface area contributed by atoms with Gasteiger partial charge in [-0.2, -0.15) is 0 Å². The quantitative estimate of drug-likeness (QED) is 0.784. The number of benzene rings is 1. The molecule has 0 bridgehead atoms. The third-order valence-corrected chi connectivity index (χ3v) is 2.69. The summed E-state index contributed by atoms with van der Waals surface area (Å²) < 4.78 is 0.949. The van der Waals surface area contributed by atoms with Gasteiger partial charge in [0.05, 0.1) is 0 Å². The maximum Gasteiger partial charge on any atom is 0.166 e. The lowest BCUT2D eigenvalue weighted by Gasteiger charge is -2.15. The van der Waals surface area contributed by atoms with Crippen LogP contribution in [0, 0.1) is 5.92 Å². The zero-order chi connectivity index (χ0) is 11.4. The average Bonchev–Trinajstić information content (AvgIpc) is 2.15. The Balaban J connectivity index is 2.76. The summed E-state index contributed by atoms with van der Waals surface area (Å²) >= 11 is 3.37. The van der Waals surface area contributed by atoms with Crippen molar-refractivity contribution < 1.29 is 4.79 Å². The van der Waals surface area contributed by atoms with Gasteiger partial charge in [-0.25, -0.2) is 0 Å². The maximum atomic E-state index is 12.0. The Bertz CT molecular complexity index is 349. The summed E-state index contributed by atoms with van der Waals surface area (Å²) in [5.74, 6) is 0.235. The van der Waals surface area contributed by atoms with E-state index < -0.39 is 0 Å². The smallest absolute Gasteiger partial charge is 0.166 e. The number of hydrogen-bond donors (Lipinski definition) is 0. The van der Waals surface area contributed by atoms with Crippen molar-refractivity contribution in [3.63, 3.8) is 0 Å². The van der Waals surface area contributed by atoms with Crippen LogP contribution in [0.3, 0.4) is 0 Å². The van der Waals surface area contributed by atoms with E-state index in [4.69, 9.17) is 0 Å². The zero-order valence-corrected chi connectivity index (χ0v) is 10.9. The van der Waals surface area contributed by atoms with Gasteiger partial charge in [-0.15, -0.1) is 0 Å². The Morgan fingerprint density at radius 3 is 2.67 bits per heavy atom. The molecule has 1 aromatic rings. The Morgan fingerprint density at radius 2 is 2.13 bits per heavy atom. The maximum absolute atomic E-state index is 12.0. The van der Waals surface area contributed by atoms with Crippen molar-refractivity contribution in [2.24, 2.45) is 5.92 Å². The van der Waals surface area contributed by atoms with Gasteiger partial charge in [-0.1, -0.05) is 35.0 Å². The first-order valence-electron chi connectivity index (χ1n) is 4.95. The molecule has 0 spiro atoms. The lowest BCUT2D eigenvalue weighted by atomic mass is 9.99. The molecule has 0 fully saturated rings. The summed E-state index contributed by atoms with van der Waals surface area (Å²) in [5, 5.41) is 0. The minimum Gasteiger partial charge on any atom is -0.309 e. The van der Waals surface area contributed by atoms with E-state index in [2.05, 4.69) is 15.9 Å². The number of rotatable bonds is 4. The van der Waals surface area contributed by atoms with Crippen molar-refractivity contribution in [2.45, 2.75) is 6.92 Å². The van der Waals surface area contributed by atoms with E-state index in [0.29, 0.717) is 0 Å². The fraction of sp³-hybridized carbons (Fsp3) is 0.417. The number of halogens is 1. The first-order chi connectivity index (χ1) is 7.00. The van der Waals surface area contributed by atoms with Gasteiger partial charge in [-0.3, -0.25) is 4.79 Å². The van der Waals surface area contributed by atoms with Crippen LogP contribution in [0.15, 0.2) is 28.7 Å². The molecule has 1 aromatic carbocycles. The topological polar surface area (TPSA) is 20.3 Å². The number of Topliss-reactive ketones (excluding diaryl/α,β-unsaturated/α-hetero) is 1. The SMILES string of the molecule is C[C@@H](CN(C)C)C(=O)c1cccc(Br)c1. The molecule has 0 saturated carbocycles. The van der Waals surface area contributed by atoms with E-state index in [1.165, 1.54) is 0 Å². The summed E-state index contributed by atoms with van der Waals surface area (Å²) in [7, 11) is 3.95. The van der Waals surface area contributed by atoms with Gasteiger partial charge in [0, 0.05) is 22.5 Å². The molecule has 0 unspecified atom stereocenters. The molecule has 1 atom stereocenters. The molecule has 82 valence electrons. The summed E-state index contributed by atoms with van der Waals surface area (Å²) in [6.45, 7) is 2.74. The van der Waals surface area contributed by atoms with Gasteiger partial charge < -0.3 is 4.90 Å². The second-order valence-electron chi connectivity index (χ2n) is 4.04. The zero-order valence-electron chi connectivity index (χ0n) is 9.33. The second-order valence-corrected chi connectivity index (χ2v) is 4.95. The molecule has 1 rings (SSSR count). The number of carbonyl (C=O) groups excluding carboxylic acids is 1. The predicted molar refractivity (Wildman–Crippen MR) is 66.2 cm³/mol. The highest BCUT2D eigenvalue weighted by molar-refractivity contribution is 9.10. The van der Waals surface area contributed by atoms with Crippen LogP contribution in [0.25, 0.3) is 0 Å². The van der Waals surface area contributed by atoms with E-state index in [0.717, 1.165) is 16.6 Å². The molecule has 0 aliphatic carbocycles. The molecule has 0 aliphatic heterocycles. The van der Waals surface area contributed by atoms with Crippen molar-refractivity contribution in [3.05, 3.63) is 34.3 Å². The van der Waals surface area contributed by atoms with Crippen LogP contribution in [0.4, 0.5) is 0 Å². The highest BCUT2D eigenvalue weighted by Gasteiger charge is 2.15. The Kier molecular flexibility index (Phi) is 4.48. The van der Waals surface area contributed by atoms with E-state index in [9.17, 15) is 4.79 Å². The minimum absolute atomic E-state index is 0.0364. The van der Waals surface area contributed by atoms with Gasteiger partial charge in [-0.05, 0) is 26.2 Å². The summed E-state index contributed by atoms with van der Waals surface area (Å²) in [5.41, 5.74) is 0.777. The van der Waals surface area contributed by atoms with Crippen LogP contribution in [0.5, 0.6) is 0 Å². The molecule has 0 saturated heterocycles. The van der Waals surface area contributed by atoms with Crippen LogP contribution in [-0.2, 0) is 0 Å². The number of nitrogens with zero attached hydrogens (tertiary/aromatic N) is 1. The van der Waals surface area contributed by atoms with E-state index >= 15 is 0 Å². The van der Waals surface area contributed by atoms with Crippen molar-refractivity contribution in [1.82, 2.24) is 4.90 Å². The monoisotopic (exact) mass is 269 g/mol. The highest BCUT2D eigenvalue weighted by atomic mass is 79.9. The molecule has 0 heterocycles. The molecular weight excluding hydrogens is 254 g/mol. The van der Waals surface area contributed by atoms with Crippen molar-refractivity contribution in [2.75, 3.05) is 20.6 Å². The third kappa shape index (κ3) is 3.76. The van der Waals surface area contributed by atoms with Gasteiger partial charge in [0.25, 0.3) is 0 Å². The van der Waals surface area contributed by atoms with Gasteiger partial charge in [0.15, 0.2) is 5.78 Å². The molecular formula is C12H16BrNO. The Morgan fingerprint density at radius 1 is 1.47 bits per heavy atom. The van der Waals surface area contributed by atoms with Crippen LogP contribution in [-0.4, -0.2) is 31.3 Å². The normalized spacial score (nSPS) is 12.9. The average molecular weight is 270 g/mol. The number of carbonyl (C=O) groups is 1. The fourth-order valence-corrected chi connectivity index (χ4v) is 1.96. The van der Waals surface area contributed by atoms with Gasteiger partial charge in [0.1, 0.15) is 0 Å². The fourth-order valence-electron chi connectivity index (χ4n) is 1.56. The van der Waals surface area contributed by atoms with Crippen LogP contribution in [0.2, 0.25) is 0 Å². The van der Waals surface area contributed by atoms with Crippen LogP contribution in [0.1, 0.15) is 17.3 Å². The largest absolute Gasteiger partial charge is 0.309 e. The molecule has 0 aliphatic rings. The molecule has 0 amide bonds. The first-order valence-corrected chi connectivity index (χ1v) is 5.74. The lowest BCUT2D eigenvalue weighted by molar-refractivity contribution is 0.0910. The molecule has 3 heteroatoms. The Hall–Kier alpha value is -0.670. The third-order valence-electron chi connectivity index (χ3n) is 2.20.